The number of aromatic nitrogens is 4. The van der Waals surface area contributed by atoms with Crippen LogP contribution in [0.2, 0.25) is 15.3 Å². The van der Waals surface area contributed by atoms with E-state index in [1.165, 1.54) is 31.2 Å². The molecule has 9 heteroatoms. The van der Waals surface area contributed by atoms with Crippen molar-refractivity contribution in [2.24, 2.45) is 5.92 Å². The van der Waals surface area contributed by atoms with Crippen molar-refractivity contribution in [3.8, 4) is 0 Å². The van der Waals surface area contributed by atoms with Gasteiger partial charge in [0.2, 0.25) is 5.28 Å². The van der Waals surface area contributed by atoms with Crippen LogP contribution in [0.1, 0.15) is 50.1 Å². The van der Waals surface area contributed by atoms with Gasteiger partial charge in [0.15, 0.2) is 17.0 Å². The Morgan fingerprint density at radius 2 is 1.74 bits per heavy atom. The van der Waals surface area contributed by atoms with E-state index in [1.54, 1.807) is 0 Å². The molecule has 5 rings (SSSR count). The Hall–Kier alpha value is -1.60. The molecule has 0 radical (unpaired) electrons. The second-order valence-corrected chi connectivity index (χ2v) is 9.75. The highest BCUT2D eigenvalue weighted by molar-refractivity contribution is 6.42. The molecule has 6 nitrogen and oxygen atoms in total. The summed E-state index contributed by atoms with van der Waals surface area (Å²) in [7, 11) is 0. The third-order valence-electron chi connectivity index (χ3n) is 6.50. The highest BCUT2D eigenvalue weighted by Gasteiger charge is 2.24. The number of rotatable bonds is 5. The number of benzene rings is 1. The van der Waals surface area contributed by atoms with Gasteiger partial charge in [-0.2, -0.15) is 9.97 Å². The Balaban J connectivity index is 1.25. The fourth-order valence-corrected chi connectivity index (χ4v) is 5.30. The van der Waals surface area contributed by atoms with Crippen molar-refractivity contribution in [3.05, 3.63) is 45.4 Å². The summed E-state index contributed by atoms with van der Waals surface area (Å²) >= 11 is 18.5. The second-order valence-electron chi connectivity index (χ2n) is 8.60. The summed E-state index contributed by atoms with van der Waals surface area (Å²) in [6.07, 6.45) is 9.93. The molecular formula is C22H25Cl3N6. The molecule has 31 heavy (non-hydrogen) atoms. The SMILES string of the molecule is Clc1nc(NN2CCC(Cc3ccc(Cl)c(Cl)c3)CC2)c2ncn(C3CCCC3)c2n1. The molecule has 0 atom stereocenters. The molecule has 0 amide bonds. The van der Waals surface area contributed by atoms with E-state index in [9.17, 15) is 0 Å². The van der Waals surface area contributed by atoms with Crippen molar-refractivity contribution < 1.29 is 0 Å². The second kappa shape index (κ2) is 9.10. The van der Waals surface area contributed by atoms with Gasteiger partial charge in [-0.3, -0.25) is 0 Å². The molecule has 164 valence electrons. The molecule has 2 aromatic heterocycles. The summed E-state index contributed by atoms with van der Waals surface area (Å²) in [5.74, 6) is 1.31. The molecule has 0 unspecified atom stereocenters. The van der Waals surface area contributed by atoms with Crippen LogP contribution in [0.25, 0.3) is 11.2 Å². The van der Waals surface area contributed by atoms with E-state index in [2.05, 4.69) is 36.0 Å². The zero-order valence-electron chi connectivity index (χ0n) is 17.2. The highest BCUT2D eigenvalue weighted by Crippen LogP contribution is 2.33. The van der Waals surface area contributed by atoms with E-state index in [0.717, 1.165) is 43.5 Å². The number of nitrogens with zero attached hydrogens (tertiary/aromatic N) is 5. The number of fused-ring (bicyclic) bond motifs is 1. The fraction of sp³-hybridized carbons (Fsp3) is 0.500. The van der Waals surface area contributed by atoms with Crippen molar-refractivity contribution in [1.82, 2.24) is 24.5 Å². The third kappa shape index (κ3) is 4.63. The van der Waals surface area contributed by atoms with Crippen molar-refractivity contribution in [3.63, 3.8) is 0 Å². The molecule has 1 saturated carbocycles. The van der Waals surface area contributed by atoms with Gasteiger partial charge >= 0.3 is 0 Å². The summed E-state index contributed by atoms with van der Waals surface area (Å²) in [6, 6.07) is 6.39. The fourth-order valence-electron chi connectivity index (χ4n) is 4.82. The van der Waals surface area contributed by atoms with Crippen LogP contribution in [-0.4, -0.2) is 37.6 Å². The standard InChI is InChI=1S/C22H25Cl3N6/c23-17-6-5-15(12-18(17)24)11-14-7-9-30(10-8-14)29-20-19-21(28-22(25)27-20)31(13-26-19)16-3-1-2-4-16/h5-6,12-14,16H,1-4,7-11H2,(H,27,28,29). The van der Waals surface area contributed by atoms with E-state index in [0.29, 0.717) is 27.8 Å². The summed E-state index contributed by atoms with van der Waals surface area (Å²) < 4.78 is 2.17. The monoisotopic (exact) mass is 478 g/mol. The number of hydrogen-bond donors (Lipinski definition) is 1. The lowest BCUT2D eigenvalue weighted by Gasteiger charge is -2.32. The Kier molecular flexibility index (Phi) is 6.24. The van der Waals surface area contributed by atoms with Crippen LogP contribution in [0.5, 0.6) is 0 Å². The zero-order chi connectivity index (χ0) is 21.4. The van der Waals surface area contributed by atoms with Crippen LogP contribution in [0.15, 0.2) is 24.5 Å². The molecule has 1 aromatic carbocycles. The van der Waals surface area contributed by atoms with Gasteiger partial charge in [-0.25, -0.2) is 9.99 Å². The highest BCUT2D eigenvalue weighted by atomic mass is 35.5. The molecule has 2 fully saturated rings. The number of anilines is 1. The Bertz CT molecular complexity index is 1070. The lowest BCUT2D eigenvalue weighted by Crippen LogP contribution is -2.38. The van der Waals surface area contributed by atoms with Gasteiger partial charge in [-0.05, 0) is 67.3 Å². The van der Waals surface area contributed by atoms with Crippen LogP contribution >= 0.6 is 34.8 Å². The zero-order valence-corrected chi connectivity index (χ0v) is 19.5. The predicted octanol–water partition coefficient (Wildman–Crippen LogP) is 6.18. The van der Waals surface area contributed by atoms with Crippen molar-refractivity contribution >= 4 is 51.8 Å². The number of piperidine rings is 1. The van der Waals surface area contributed by atoms with Crippen LogP contribution in [0, 0.1) is 5.92 Å². The van der Waals surface area contributed by atoms with Crippen molar-refractivity contribution in [1.29, 1.82) is 0 Å². The first-order valence-corrected chi connectivity index (χ1v) is 12.1. The normalized spacial score (nSPS) is 18.8. The maximum absolute atomic E-state index is 6.27. The third-order valence-corrected chi connectivity index (χ3v) is 7.41. The number of halogens is 3. The van der Waals surface area contributed by atoms with Crippen LogP contribution < -0.4 is 5.43 Å². The molecule has 3 heterocycles. The van der Waals surface area contributed by atoms with Gasteiger partial charge in [0.05, 0.1) is 16.4 Å². The molecule has 1 aliphatic heterocycles. The maximum Gasteiger partial charge on any atom is 0.226 e. The van der Waals surface area contributed by atoms with Gasteiger partial charge in [-0.15, -0.1) is 0 Å². The maximum atomic E-state index is 6.27. The van der Waals surface area contributed by atoms with E-state index < -0.39 is 0 Å². The van der Waals surface area contributed by atoms with Crippen LogP contribution in [-0.2, 0) is 6.42 Å². The summed E-state index contributed by atoms with van der Waals surface area (Å²) in [5.41, 5.74) is 6.30. The van der Waals surface area contributed by atoms with Gasteiger partial charge in [0.25, 0.3) is 0 Å². The quantitative estimate of drug-likeness (QED) is 0.443. The minimum absolute atomic E-state index is 0.254. The summed E-state index contributed by atoms with van der Waals surface area (Å²) in [5, 5.41) is 3.69. The van der Waals surface area contributed by atoms with E-state index in [1.807, 2.05) is 18.5 Å². The lowest BCUT2D eigenvalue weighted by molar-refractivity contribution is 0.216. The summed E-state index contributed by atoms with van der Waals surface area (Å²) in [6.45, 7) is 1.86. The minimum Gasteiger partial charge on any atom is -0.312 e. The lowest BCUT2D eigenvalue weighted by atomic mass is 9.91. The van der Waals surface area contributed by atoms with Gasteiger partial charge in [0.1, 0.15) is 0 Å². The number of hydrogen-bond acceptors (Lipinski definition) is 5. The molecule has 1 saturated heterocycles. The van der Waals surface area contributed by atoms with Crippen molar-refractivity contribution in [2.75, 3.05) is 18.5 Å². The van der Waals surface area contributed by atoms with Crippen LogP contribution in [0.4, 0.5) is 5.82 Å². The molecule has 1 N–H and O–H groups in total. The first kappa shape index (κ1) is 21.3. The average Bonchev–Trinajstić information content (AvgIpc) is 3.42. The van der Waals surface area contributed by atoms with Crippen LogP contribution in [0.3, 0.4) is 0 Å². The number of imidazole rings is 1. The van der Waals surface area contributed by atoms with Gasteiger partial charge in [0, 0.05) is 19.1 Å². The minimum atomic E-state index is 0.254. The molecule has 0 bridgehead atoms. The summed E-state index contributed by atoms with van der Waals surface area (Å²) in [4.78, 5) is 13.5. The molecular weight excluding hydrogens is 455 g/mol. The predicted molar refractivity (Wildman–Crippen MR) is 126 cm³/mol. The van der Waals surface area contributed by atoms with Crippen molar-refractivity contribution in [2.45, 2.75) is 51.0 Å². The molecule has 3 aromatic rings. The van der Waals surface area contributed by atoms with E-state index in [-0.39, 0.29) is 5.28 Å². The van der Waals surface area contributed by atoms with Gasteiger partial charge < -0.3 is 9.99 Å². The van der Waals surface area contributed by atoms with E-state index >= 15 is 0 Å². The smallest absolute Gasteiger partial charge is 0.226 e. The van der Waals surface area contributed by atoms with E-state index in [4.69, 9.17) is 34.8 Å². The topological polar surface area (TPSA) is 58.9 Å². The molecule has 1 aliphatic carbocycles. The Labute approximate surface area is 196 Å². The first-order chi connectivity index (χ1) is 15.1. The Morgan fingerprint density at radius 1 is 0.968 bits per heavy atom. The largest absolute Gasteiger partial charge is 0.312 e. The Morgan fingerprint density at radius 3 is 2.48 bits per heavy atom. The number of nitrogens with one attached hydrogen (secondary N) is 1. The average molecular weight is 480 g/mol. The number of hydrazine groups is 1. The first-order valence-electron chi connectivity index (χ1n) is 10.9. The van der Waals surface area contributed by atoms with Gasteiger partial charge in [-0.1, -0.05) is 42.1 Å². The molecule has 2 aliphatic rings. The molecule has 0 spiro atoms.